The summed E-state index contributed by atoms with van der Waals surface area (Å²) in [6, 6.07) is 2.00. The van der Waals surface area contributed by atoms with Crippen molar-refractivity contribution in [3.63, 3.8) is 0 Å². The average Bonchev–Trinajstić information content (AvgIpc) is 2.15. The Morgan fingerprint density at radius 3 is 2.50 bits per heavy atom. The monoisotopic (exact) mass is 192 g/mol. The largest absolute Gasteiger partial charge is 0.241 e. The van der Waals surface area contributed by atoms with Gasteiger partial charge in [-0.3, -0.25) is 0 Å². The van der Waals surface area contributed by atoms with Crippen molar-refractivity contribution >= 4 is 0 Å². The van der Waals surface area contributed by atoms with E-state index in [4.69, 9.17) is 0 Å². The van der Waals surface area contributed by atoms with Crippen LogP contribution >= 0.6 is 0 Å². The summed E-state index contributed by atoms with van der Waals surface area (Å²) in [5.74, 6) is 2.21. The maximum absolute atomic E-state index is 4.53. The summed E-state index contributed by atoms with van der Waals surface area (Å²) in [5, 5.41) is 0. The van der Waals surface area contributed by atoms with Crippen molar-refractivity contribution in [3.05, 3.63) is 23.8 Å². The molecule has 14 heavy (non-hydrogen) atoms. The molecule has 2 nitrogen and oxygen atoms in total. The molecule has 0 aliphatic carbocycles. The van der Waals surface area contributed by atoms with E-state index in [1.165, 1.54) is 6.42 Å². The third kappa shape index (κ3) is 3.44. The van der Waals surface area contributed by atoms with Crippen LogP contribution in [0.5, 0.6) is 0 Å². The lowest BCUT2D eigenvalue weighted by Crippen LogP contribution is -2.02. The molecule has 78 valence electrons. The first-order valence-corrected chi connectivity index (χ1v) is 5.41. The van der Waals surface area contributed by atoms with Crippen LogP contribution in [0.25, 0.3) is 0 Å². The number of rotatable bonds is 4. The minimum Gasteiger partial charge on any atom is -0.241 e. The smallest absolute Gasteiger partial charge is 0.128 e. The van der Waals surface area contributed by atoms with E-state index in [0.29, 0.717) is 5.92 Å². The predicted octanol–water partition coefficient (Wildman–Crippen LogP) is 3.19. The zero-order valence-corrected chi connectivity index (χ0v) is 9.62. The summed E-state index contributed by atoms with van der Waals surface area (Å²) < 4.78 is 0. The van der Waals surface area contributed by atoms with Gasteiger partial charge in [0.2, 0.25) is 0 Å². The van der Waals surface area contributed by atoms with Crippen LogP contribution in [0.4, 0.5) is 0 Å². The summed E-state index contributed by atoms with van der Waals surface area (Å²) in [6.45, 7) is 8.78. The number of aryl methyl sites for hydroxylation is 1. The molecule has 0 fully saturated rings. The van der Waals surface area contributed by atoms with Crippen LogP contribution in [-0.4, -0.2) is 9.97 Å². The van der Waals surface area contributed by atoms with Crippen LogP contribution in [0.1, 0.15) is 51.6 Å². The van der Waals surface area contributed by atoms with E-state index in [0.717, 1.165) is 23.9 Å². The maximum Gasteiger partial charge on any atom is 0.128 e. The van der Waals surface area contributed by atoms with Gasteiger partial charge in [0, 0.05) is 18.3 Å². The zero-order valence-electron chi connectivity index (χ0n) is 9.62. The SMILES string of the molecule is CC(C)CCc1nccc(C(C)C)n1. The third-order valence-electron chi connectivity index (χ3n) is 2.26. The average molecular weight is 192 g/mol. The summed E-state index contributed by atoms with van der Waals surface area (Å²) in [6.07, 6.45) is 4.04. The van der Waals surface area contributed by atoms with Gasteiger partial charge in [-0.15, -0.1) is 0 Å². The molecule has 0 saturated carbocycles. The van der Waals surface area contributed by atoms with Gasteiger partial charge >= 0.3 is 0 Å². The maximum atomic E-state index is 4.53. The molecular weight excluding hydrogens is 172 g/mol. The highest BCUT2D eigenvalue weighted by Gasteiger charge is 2.03. The Hall–Kier alpha value is -0.920. The van der Waals surface area contributed by atoms with E-state index in [1.807, 2.05) is 12.3 Å². The van der Waals surface area contributed by atoms with Crippen molar-refractivity contribution < 1.29 is 0 Å². The van der Waals surface area contributed by atoms with Gasteiger partial charge in [0.15, 0.2) is 0 Å². The molecule has 0 atom stereocenters. The predicted molar refractivity (Wildman–Crippen MR) is 59.3 cm³/mol. The quantitative estimate of drug-likeness (QED) is 0.732. The molecule has 1 aromatic heterocycles. The summed E-state index contributed by atoms with van der Waals surface area (Å²) in [7, 11) is 0. The van der Waals surface area contributed by atoms with E-state index in [-0.39, 0.29) is 0 Å². The van der Waals surface area contributed by atoms with Crippen molar-refractivity contribution in [2.45, 2.75) is 46.5 Å². The standard InChI is InChI=1S/C12H20N2/c1-9(2)5-6-12-13-8-7-11(14-12)10(3)4/h7-10H,5-6H2,1-4H3. The van der Waals surface area contributed by atoms with Gasteiger partial charge in [-0.25, -0.2) is 9.97 Å². The Balaban J connectivity index is 2.64. The van der Waals surface area contributed by atoms with Gasteiger partial charge in [0.1, 0.15) is 5.82 Å². The number of hydrogen-bond donors (Lipinski definition) is 0. The summed E-state index contributed by atoms with van der Waals surface area (Å²) in [5.41, 5.74) is 1.15. The van der Waals surface area contributed by atoms with Gasteiger partial charge in [-0.1, -0.05) is 27.7 Å². The lowest BCUT2D eigenvalue weighted by molar-refractivity contribution is 0.572. The van der Waals surface area contributed by atoms with Crippen LogP contribution in [0, 0.1) is 5.92 Å². The molecule has 1 heterocycles. The van der Waals surface area contributed by atoms with Gasteiger partial charge in [0.05, 0.1) is 0 Å². The van der Waals surface area contributed by atoms with Crippen molar-refractivity contribution in [1.82, 2.24) is 9.97 Å². The summed E-state index contributed by atoms with van der Waals surface area (Å²) >= 11 is 0. The van der Waals surface area contributed by atoms with Crippen LogP contribution < -0.4 is 0 Å². The van der Waals surface area contributed by atoms with E-state index in [2.05, 4.69) is 37.7 Å². The fraction of sp³-hybridized carbons (Fsp3) is 0.667. The Morgan fingerprint density at radius 2 is 1.93 bits per heavy atom. The minimum atomic E-state index is 0.496. The van der Waals surface area contributed by atoms with Crippen LogP contribution in [0.15, 0.2) is 12.3 Å². The Bertz CT molecular complexity index is 279. The molecule has 0 aromatic carbocycles. The molecule has 1 rings (SSSR count). The molecule has 0 aliphatic heterocycles. The molecule has 0 radical (unpaired) electrons. The van der Waals surface area contributed by atoms with Crippen molar-refractivity contribution in [1.29, 1.82) is 0 Å². The molecule has 0 saturated heterocycles. The van der Waals surface area contributed by atoms with Crippen molar-refractivity contribution in [2.75, 3.05) is 0 Å². The number of aromatic nitrogens is 2. The molecular formula is C12H20N2. The lowest BCUT2D eigenvalue weighted by Gasteiger charge is -2.07. The molecule has 0 N–H and O–H groups in total. The molecule has 0 aliphatic rings. The first-order chi connectivity index (χ1) is 6.59. The summed E-state index contributed by atoms with van der Waals surface area (Å²) in [4.78, 5) is 8.82. The molecule has 0 unspecified atom stereocenters. The fourth-order valence-electron chi connectivity index (χ4n) is 1.27. The number of nitrogens with zero attached hydrogens (tertiary/aromatic N) is 2. The van der Waals surface area contributed by atoms with Crippen molar-refractivity contribution in [2.24, 2.45) is 5.92 Å². The highest BCUT2D eigenvalue weighted by atomic mass is 14.9. The Labute approximate surface area is 86.8 Å². The van der Waals surface area contributed by atoms with Crippen LogP contribution in [-0.2, 0) is 6.42 Å². The van der Waals surface area contributed by atoms with Crippen molar-refractivity contribution in [3.8, 4) is 0 Å². The van der Waals surface area contributed by atoms with E-state index in [1.54, 1.807) is 0 Å². The first-order valence-electron chi connectivity index (χ1n) is 5.41. The second kappa shape index (κ2) is 5.08. The molecule has 1 aromatic rings. The van der Waals surface area contributed by atoms with E-state index < -0.39 is 0 Å². The van der Waals surface area contributed by atoms with Gasteiger partial charge in [-0.2, -0.15) is 0 Å². The molecule has 0 amide bonds. The van der Waals surface area contributed by atoms with E-state index in [9.17, 15) is 0 Å². The Morgan fingerprint density at radius 1 is 1.21 bits per heavy atom. The highest BCUT2D eigenvalue weighted by molar-refractivity contribution is 5.06. The normalized spacial score (nSPS) is 11.3. The first kappa shape index (κ1) is 11.2. The molecule has 0 bridgehead atoms. The zero-order chi connectivity index (χ0) is 10.6. The van der Waals surface area contributed by atoms with Gasteiger partial charge < -0.3 is 0 Å². The third-order valence-corrected chi connectivity index (χ3v) is 2.26. The molecule has 0 spiro atoms. The Kier molecular flexibility index (Phi) is 4.05. The highest BCUT2D eigenvalue weighted by Crippen LogP contribution is 2.11. The van der Waals surface area contributed by atoms with E-state index >= 15 is 0 Å². The lowest BCUT2D eigenvalue weighted by atomic mass is 10.1. The van der Waals surface area contributed by atoms with Crippen LogP contribution in [0.3, 0.4) is 0 Å². The number of hydrogen-bond acceptors (Lipinski definition) is 2. The van der Waals surface area contributed by atoms with Gasteiger partial charge in [0.25, 0.3) is 0 Å². The second-order valence-corrected chi connectivity index (χ2v) is 4.48. The second-order valence-electron chi connectivity index (χ2n) is 4.48. The topological polar surface area (TPSA) is 25.8 Å². The minimum absolute atomic E-state index is 0.496. The fourth-order valence-corrected chi connectivity index (χ4v) is 1.27. The molecule has 2 heteroatoms. The van der Waals surface area contributed by atoms with Crippen LogP contribution in [0.2, 0.25) is 0 Å². The van der Waals surface area contributed by atoms with Gasteiger partial charge in [-0.05, 0) is 24.3 Å².